The lowest BCUT2D eigenvalue weighted by molar-refractivity contribution is 0.105. The Bertz CT molecular complexity index is 215. The van der Waals surface area contributed by atoms with Gasteiger partial charge >= 0.3 is 0 Å². The van der Waals surface area contributed by atoms with Crippen LogP contribution < -0.4 is 5.73 Å². The van der Waals surface area contributed by atoms with Crippen LogP contribution in [0.3, 0.4) is 0 Å². The molecule has 0 aromatic rings. The van der Waals surface area contributed by atoms with Crippen molar-refractivity contribution in [3.8, 4) is 0 Å². The van der Waals surface area contributed by atoms with E-state index in [1.807, 2.05) is 0 Å². The van der Waals surface area contributed by atoms with Gasteiger partial charge in [0.25, 0.3) is 0 Å². The topological polar surface area (TPSA) is 29.3 Å². The van der Waals surface area contributed by atoms with Gasteiger partial charge in [0.05, 0.1) is 0 Å². The van der Waals surface area contributed by atoms with E-state index in [9.17, 15) is 0 Å². The van der Waals surface area contributed by atoms with E-state index >= 15 is 0 Å². The third-order valence-electron chi connectivity index (χ3n) is 4.79. The highest BCUT2D eigenvalue weighted by Gasteiger charge is 2.33. The van der Waals surface area contributed by atoms with Crippen LogP contribution in [0.1, 0.15) is 52.4 Å². The predicted molar refractivity (Wildman–Crippen MR) is 69.4 cm³/mol. The average Bonchev–Trinajstić information content (AvgIpc) is 2.77. The summed E-state index contributed by atoms with van der Waals surface area (Å²) in [6.07, 6.45) is 8.43. The molecule has 0 bridgehead atoms. The fourth-order valence-corrected chi connectivity index (χ4v) is 3.70. The molecular formula is C14H28N2. The SMILES string of the molecule is CC(C)C1CCCC(N2CCCC2CN)C1. The normalized spacial score (nSPS) is 37.1. The summed E-state index contributed by atoms with van der Waals surface area (Å²) in [6.45, 7) is 6.94. The molecule has 1 aliphatic carbocycles. The van der Waals surface area contributed by atoms with Gasteiger partial charge in [-0.1, -0.05) is 26.7 Å². The summed E-state index contributed by atoms with van der Waals surface area (Å²) in [5.41, 5.74) is 5.88. The molecule has 94 valence electrons. The van der Waals surface area contributed by atoms with Crippen molar-refractivity contribution in [2.75, 3.05) is 13.1 Å². The summed E-state index contributed by atoms with van der Waals surface area (Å²) in [4.78, 5) is 2.73. The summed E-state index contributed by atoms with van der Waals surface area (Å²) in [5.74, 6) is 1.82. The molecule has 2 nitrogen and oxygen atoms in total. The van der Waals surface area contributed by atoms with E-state index in [1.54, 1.807) is 0 Å². The highest BCUT2D eigenvalue weighted by atomic mass is 15.2. The van der Waals surface area contributed by atoms with E-state index in [0.717, 1.165) is 24.4 Å². The summed E-state index contributed by atoms with van der Waals surface area (Å²) in [5, 5.41) is 0. The van der Waals surface area contributed by atoms with Crippen LogP contribution in [0, 0.1) is 11.8 Å². The van der Waals surface area contributed by atoms with Crippen molar-refractivity contribution in [1.82, 2.24) is 4.90 Å². The highest BCUT2D eigenvalue weighted by Crippen LogP contribution is 2.35. The van der Waals surface area contributed by atoms with Crippen molar-refractivity contribution < 1.29 is 0 Å². The van der Waals surface area contributed by atoms with Crippen LogP contribution in [-0.2, 0) is 0 Å². The van der Waals surface area contributed by atoms with Crippen molar-refractivity contribution >= 4 is 0 Å². The molecule has 2 rings (SSSR count). The molecule has 2 N–H and O–H groups in total. The second kappa shape index (κ2) is 5.50. The van der Waals surface area contributed by atoms with Gasteiger partial charge in [-0.25, -0.2) is 0 Å². The smallest absolute Gasteiger partial charge is 0.0221 e. The molecule has 1 heterocycles. The van der Waals surface area contributed by atoms with E-state index in [2.05, 4.69) is 18.7 Å². The minimum Gasteiger partial charge on any atom is -0.329 e. The van der Waals surface area contributed by atoms with Crippen molar-refractivity contribution in [3.05, 3.63) is 0 Å². The Hall–Kier alpha value is -0.0800. The van der Waals surface area contributed by atoms with Crippen molar-refractivity contribution in [1.29, 1.82) is 0 Å². The second-order valence-electron chi connectivity index (χ2n) is 6.09. The number of likely N-dealkylation sites (tertiary alicyclic amines) is 1. The van der Waals surface area contributed by atoms with E-state index < -0.39 is 0 Å². The summed E-state index contributed by atoms with van der Waals surface area (Å²) >= 11 is 0. The van der Waals surface area contributed by atoms with E-state index in [0.29, 0.717) is 6.04 Å². The van der Waals surface area contributed by atoms with Gasteiger partial charge in [-0.2, -0.15) is 0 Å². The maximum Gasteiger partial charge on any atom is 0.0221 e. The summed E-state index contributed by atoms with van der Waals surface area (Å²) in [7, 11) is 0. The van der Waals surface area contributed by atoms with Gasteiger partial charge in [-0.05, 0) is 44.1 Å². The number of hydrogen-bond donors (Lipinski definition) is 1. The van der Waals surface area contributed by atoms with E-state index in [1.165, 1.54) is 45.1 Å². The van der Waals surface area contributed by atoms with Crippen LogP contribution in [0.2, 0.25) is 0 Å². The summed E-state index contributed by atoms with van der Waals surface area (Å²) < 4.78 is 0. The molecule has 0 aromatic heterocycles. The Balaban J connectivity index is 1.93. The molecule has 0 aromatic carbocycles. The molecule has 1 aliphatic heterocycles. The molecule has 1 saturated heterocycles. The lowest BCUT2D eigenvalue weighted by Crippen LogP contribution is -2.45. The van der Waals surface area contributed by atoms with Crippen LogP contribution in [-0.4, -0.2) is 30.1 Å². The summed E-state index contributed by atoms with van der Waals surface area (Å²) in [6, 6.07) is 1.54. The van der Waals surface area contributed by atoms with Crippen LogP contribution in [0.5, 0.6) is 0 Å². The molecular weight excluding hydrogens is 196 g/mol. The predicted octanol–water partition coefficient (Wildman–Crippen LogP) is 2.62. The lowest BCUT2D eigenvalue weighted by Gasteiger charge is -2.39. The van der Waals surface area contributed by atoms with Crippen molar-refractivity contribution in [2.24, 2.45) is 17.6 Å². The highest BCUT2D eigenvalue weighted by molar-refractivity contribution is 4.89. The third-order valence-corrected chi connectivity index (χ3v) is 4.79. The van der Waals surface area contributed by atoms with Crippen LogP contribution in [0.25, 0.3) is 0 Å². The minimum absolute atomic E-state index is 0.691. The molecule has 0 amide bonds. The Morgan fingerprint density at radius 1 is 1.19 bits per heavy atom. The molecule has 16 heavy (non-hydrogen) atoms. The Morgan fingerprint density at radius 3 is 2.69 bits per heavy atom. The third kappa shape index (κ3) is 2.60. The van der Waals surface area contributed by atoms with Gasteiger partial charge in [0.15, 0.2) is 0 Å². The first kappa shape index (κ1) is 12.4. The number of rotatable bonds is 3. The van der Waals surface area contributed by atoms with Crippen LogP contribution in [0.4, 0.5) is 0 Å². The molecule has 3 atom stereocenters. The van der Waals surface area contributed by atoms with Crippen molar-refractivity contribution in [2.45, 2.75) is 64.5 Å². The zero-order valence-electron chi connectivity index (χ0n) is 11.0. The zero-order chi connectivity index (χ0) is 11.5. The van der Waals surface area contributed by atoms with Crippen LogP contribution in [0.15, 0.2) is 0 Å². The minimum atomic E-state index is 0.691. The Kier molecular flexibility index (Phi) is 4.26. The maximum atomic E-state index is 5.88. The van der Waals surface area contributed by atoms with Gasteiger partial charge < -0.3 is 5.73 Å². The van der Waals surface area contributed by atoms with Gasteiger partial charge in [-0.3, -0.25) is 4.90 Å². The lowest BCUT2D eigenvalue weighted by atomic mass is 9.78. The van der Waals surface area contributed by atoms with E-state index in [-0.39, 0.29) is 0 Å². The molecule has 1 saturated carbocycles. The molecule has 0 radical (unpaired) electrons. The average molecular weight is 224 g/mol. The Morgan fingerprint density at radius 2 is 2.00 bits per heavy atom. The fraction of sp³-hybridized carbons (Fsp3) is 1.00. The van der Waals surface area contributed by atoms with Gasteiger partial charge in [0, 0.05) is 18.6 Å². The molecule has 3 unspecified atom stereocenters. The molecule has 2 aliphatic rings. The standard InChI is InChI=1S/C14H28N2/c1-11(2)12-5-3-6-13(9-12)16-8-4-7-14(16)10-15/h11-14H,3-10,15H2,1-2H3. The number of nitrogens with zero attached hydrogens (tertiary/aromatic N) is 1. The Labute approximate surface area is 101 Å². The van der Waals surface area contributed by atoms with Crippen LogP contribution >= 0.6 is 0 Å². The first-order chi connectivity index (χ1) is 7.72. The zero-order valence-corrected chi connectivity index (χ0v) is 11.0. The number of nitrogens with two attached hydrogens (primary N) is 1. The van der Waals surface area contributed by atoms with Gasteiger partial charge in [-0.15, -0.1) is 0 Å². The maximum absolute atomic E-state index is 5.88. The molecule has 2 heteroatoms. The fourth-order valence-electron chi connectivity index (χ4n) is 3.70. The second-order valence-corrected chi connectivity index (χ2v) is 6.09. The number of hydrogen-bond acceptors (Lipinski definition) is 2. The molecule has 0 spiro atoms. The quantitative estimate of drug-likeness (QED) is 0.798. The first-order valence-electron chi connectivity index (χ1n) is 7.18. The van der Waals surface area contributed by atoms with Gasteiger partial charge in [0.1, 0.15) is 0 Å². The molecule has 2 fully saturated rings. The van der Waals surface area contributed by atoms with Crippen molar-refractivity contribution in [3.63, 3.8) is 0 Å². The van der Waals surface area contributed by atoms with Gasteiger partial charge in [0.2, 0.25) is 0 Å². The largest absolute Gasteiger partial charge is 0.329 e. The van der Waals surface area contributed by atoms with E-state index in [4.69, 9.17) is 5.73 Å². The first-order valence-corrected chi connectivity index (χ1v) is 7.18. The monoisotopic (exact) mass is 224 g/mol.